The van der Waals surface area contributed by atoms with Gasteiger partial charge in [0.05, 0.1) is 5.69 Å². The molecule has 3 aromatic heterocycles. The van der Waals surface area contributed by atoms with Gasteiger partial charge in [-0.3, -0.25) is 34.9 Å². The molecule has 21 nitrogen and oxygen atoms in total. The predicted molar refractivity (Wildman–Crippen MR) is 203 cm³/mol. The maximum Gasteiger partial charge on any atom is 0.352 e. The molecular formula is C33H33N11O10S3. The molecule has 1 aliphatic carbocycles. The number of nitrogens with zero attached hydrogens (tertiary/aromatic N) is 7. The zero-order chi connectivity index (χ0) is 40.8. The van der Waals surface area contributed by atoms with E-state index < -0.39 is 63.8 Å². The van der Waals surface area contributed by atoms with E-state index in [0.717, 1.165) is 63.9 Å². The molecule has 1 saturated heterocycles. The van der Waals surface area contributed by atoms with Crippen molar-refractivity contribution in [3.05, 3.63) is 63.2 Å². The smallest absolute Gasteiger partial charge is 0.352 e. The number of carbonyl (C=O) groups excluding carboxylic acids is 4. The molecule has 9 N–H and O–H groups in total. The average molecular weight is 840 g/mol. The maximum absolute atomic E-state index is 13.7. The van der Waals surface area contributed by atoms with Gasteiger partial charge in [0.15, 0.2) is 28.2 Å². The van der Waals surface area contributed by atoms with E-state index in [2.05, 4.69) is 41.4 Å². The lowest BCUT2D eigenvalue weighted by Crippen LogP contribution is -2.71. The zero-order valence-electron chi connectivity index (χ0n) is 29.9. The quantitative estimate of drug-likeness (QED) is 0.0233. The fourth-order valence-electron chi connectivity index (χ4n) is 6.06. The van der Waals surface area contributed by atoms with E-state index in [1.165, 1.54) is 48.8 Å². The minimum absolute atomic E-state index is 0.0350. The number of oxime groups is 1. The summed E-state index contributed by atoms with van der Waals surface area (Å²) < 4.78 is 1.55. The first-order chi connectivity index (χ1) is 27.2. The lowest BCUT2D eigenvalue weighted by atomic mass is 10.0. The van der Waals surface area contributed by atoms with Gasteiger partial charge in [-0.25, -0.2) is 14.8 Å². The fourth-order valence-corrected chi connectivity index (χ4v) is 9.27. The number of aliphatic hydroxyl groups excluding tert-OH is 1. The van der Waals surface area contributed by atoms with Crippen LogP contribution in [-0.4, -0.2) is 114 Å². The summed E-state index contributed by atoms with van der Waals surface area (Å²) in [5.41, 5.74) is 9.89. The summed E-state index contributed by atoms with van der Waals surface area (Å²) in [7, 11) is 0. The number of hydrazine groups is 1. The molecule has 2 aliphatic heterocycles. The van der Waals surface area contributed by atoms with Gasteiger partial charge in [-0.15, -0.1) is 40.0 Å². The monoisotopic (exact) mass is 839 g/mol. The molecule has 0 spiro atoms. The second-order valence-corrected chi connectivity index (χ2v) is 16.2. The van der Waals surface area contributed by atoms with Gasteiger partial charge in [-0.2, -0.15) is 9.50 Å². The number of thiazole rings is 1. The van der Waals surface area contributed by atoms with E-state index in [4.69, 9.17) is 10.6 Å². The molecule has 0 saturated carbocycles. The molecule has 5 heterocycles. The Morgan fingerprint density at radius 1 is 1.12 bits per heavy atom. The second-order valence-electron chi connectivity index (χ2n) is 13.2. The summed E-state index contributed by atoms with van der Waals surface area (Å²) in [6.45, 7) is 2.21. The number of fused-ring (bicyclic) bond motifs is 3. The molecule has 4 aromatic rings. The van der Waals surface area contributed by atoms with E-state index in [1.807, 2.05) is 0 Å². The van der Waals surface area contributed by atoms with Gasteiger partial charge in [0, 0.05) is 28.0 Å². The predicted octanol–water partition coefficient (Wildman–Crippen LogP) is 0.0466. The third-order valence-corrected chi connectivity index (χ3v) is 12.2. The van der Waals surface area contributed by atoms with Crippen LogP contribution in [0.1, 0.15) is 53.4 Å². The van der Waals surface area contributed by atoms with Crippen molar-refractivity contribution in [1.29, 1.82) is 0 Å². The Morgan fingerprint density at radius 2 is 1.91 bits per heavy atom. The summed E-state index contributed by atoms with van der Waals surface area (Å²) in [6.07, 6.45) is 2.40. The second kappa shape index (κ2) is 15.5. The van der Waals surface area contributed by atoms with Gasteiger partial charge >= 0.3 is 5.97 Å². The first-order valence-corrected chi connectivity index (χ1v) is 19.9. The highest BCUT2D eigenvalue weighted by molar-refractivity contribution is 8.01. The molecule has 3 aliphatic rings. The van der Waals surface area contributed by atoms with Crippen LogP contribution in [0.25, 0.3) is 5.78 Å². The standard InChI is InChI=1S/C33H33N11O10S3/c1-33(2,30(53)40-39-24(48)13-6-7-18(46)19(47)8-13)54-42-21(17-12-57-31(34)35-17)25(49)38-22-26(50)43-23(29(51)52)14(11-56-28(22)43)10-55-27-15-4-3-5-16(15)36-32-37-20(9-45)41-44(27)32/h6-8,12,22,28,45-47H,3-5,9-11H2,1-2H3,(H2,34,35)(H,38,49)(H,39,48)(H,40,53)(H,51,52)/t22?,28-/m0/s1. The SMILES string of the molecule is CC(C)(ON=C(C(=O)NC1C(=O)N2C(C(=O)O)=C(CSc3c4c(nc5nc(CO)nn35)CCC4)CS[C@@H]12)c1csc(N)n1)C(=O)NNC(=O)c1ccc(O)c(O)c1. The first-order valence-electron chi connectivity index (χ1n) is 17.0. The van der Waals surface area contributed by atoms with Gasteiger partial charge in [0.2, 0.25) is 5.60 Å². The van der Waals surface area contributed by atoms with E-state index in [1.54, 1.807) is 4.52 Å². The molecule has 4 amide bonds. The number of benzene rings is 1. The number of carboxylic acid groups (broad SMARTS) is 1. The summed E-state index contributed by atoms with van der Waals surface area (Å²) in [5, 5.41) is 51.4. The minimum Gasteiger partial charge on any atom is -0.504 e. The van der Waals surface area contributed by atoms with Gasteiger partial charge in [-0.05, 0) is 56.9 Å². The number of aromatic nitrogens is 5. The van der Waals surface area contributed by atoms with Crippen molar-refractivity contribution >= 4 is 81.1 Å². The number of aryl methyl sites for hydroxylation is 1. The van der Waals surface area contributed by atoms with Crippen LogP contribution < -0.4 is 21.9 Å². The molecule has 7 rings (SSSR count). The number of aliphatic hydroxyl groups is 1. The van der Waals surface area contributed by atoms with Crippen molar-refractivity contribution in [3.63, 3.8) is 0 Å². The van der Waals surface area contributed by atoms with Crippen LogP contribution in [0.5, 0.6) is 11.5 Å². The van der Waals surface area contributed by atoms with Gasteiger partial charge < -0.3 is 36.3 Å². The number of carbonyl (C=O) groups is 5. The maximum atomic E-state index is 13.7. The number of phenols is 2. The van der Waals surface area contributed by atoms with E-state index in [-0.39, 0.29) is 46.0 Å². The van der Waals surface area contributed by atoms with Crippen molar-refractivity contribution in [2.75, 3.05) is 17.2 Å². The third-order valence-electron chi connectivity index (χ3n) is 8.99. The minimum atomic E-state index is -1.81. The molecular weight excluding hydrogens is 807 g/mol. The Labute approximate surface area is 333 Å². The number of phenolic OH excluding ortho intramolecular Hbond substituents is 2. The molecule has 298 valence electrons. The Morgan fingerprint density at radius 3 is 2.61 bits per heavy atom. The number of β-lactam (4-membered cyclic amide) rings is 1. The van der Waals surface area contributed by atoms with Gasteiger partial charge in [-0.1, -0.05) is 5.16 Å². The van der Waals surface area contributed by atoms with Gasteiger partial charge in [0.25, 0.3) is 29.4 Å². The van der Waals surface area contributed by atoms with Crippen molar-refractivity contribution < 1.29 is 49.2 Å². The average Bonchev–Trinajstić information content (AvgIpc) is 3.94. The molecule has 57 heavy (non-hydrogen) atoms. The molecule has 0 bridgehead atoms. The summed E-state index contributed by atoms with van der Waals surface area (Å²) in [4.78, 5) is 84.9. The number of nitrogen functional groups attached to an aromatic ring is 1. The number of carboxylic acids is 1. The van der Waals surface area contributed by atoms with E-state index >= 15 is 0 Å². The number of aromatic hydroxyl groups is 2. The Kier molecular flexibility index (Phi) is 10.7. The highest BCUT2D eigenvalue weighted by atomic mass is 32.2. The molecule has 2 atom stereocenters. The van der Waals surface area contributed by atoms with Crippen LogP contribution in [0.3, 0.4) is 0 Å². The van der Waals surface area contributed by atoms with Crippen LogP contribution in [0.4, 0.5) is 5.13 Å². The number of anilines is 1. The van der Waals surface area contributed by atoms with Crippen LogP contribution in [0.15, 0.2) is 45.0 Å². The number of amides is 4. The van der Waals surface area contributed by atoms with Crippen molar-refractivity contribution in [2.24, 2.45) is 5.16 Å². The third kappa shape index (κ3) is 7.62. The molecule has 0 radical (unpaired) electrons. The number of rotatable bonds is 12. The van der Waals surface area contributed by atoms with E-state index in [0.29, 0.717) is 11.4 Å². The molecule has 1 unspecified atom stereocenters. The summed E-state index contributed by atoms with van der Waals surface area (Å²) >= 11 is 3.60. The molecule has 1 fully saturated rings. The summed E-state index contributed by atoms with van der Waals surface area (Å²) in [5.74, 6) is -4.66. The lowest BCUT2D eigenvalue weighted by molar-refractivity contribution is -0.150. The summed E-state index contributed by atoms with van der Waals surface area (Å²) in [6, 6.07) is 2.13. The Hall–Kier alpha value is -5.98. The highest BCUT2D eigenvalue weighted by Gasteiger charge is 2.54. The van der Waals surface area contributed by atoms with Crippen LogP contribution in [0, 0.1) is 0 Å². The Balaban J connectivity index is 1.04. The highest BCUT2D eigenvalue weighted by Crippen LogP contribution is 2.42. The number of hydrogen-bond acceptors (Lipinski definition) is 18. The van der Waals surface area contributed by atoms with Crippen LogP contribution in [-0.2, 0) is 43.5 Å². The number of nitrogens with one attached hydrogen (secondary N) is 3. The van der Waals surface area contributed by atoms with Crippen LogP contribution >= 0.6 is 34.9 Å². The normalized spacial score (nSPS) is 17.8. The number of aliphatic carboxylic acids is 1. The number of hydrogen-bond donors (Lipinski definition) is 8. The number of nitrogens with two attached hydrogens (primary N) is 1. The lowest BCUT2D eigenvalue weighted by Gasteiger charge is -2.49. The first kappa shape index (κ1) is 39.3. The largest absolute Gasteiger partial charge is 0.504 e. The molecule has 24 heteroatoms. The van der Waals surface area contributed by atoms with Crippen LogP contribution in [0.2, 0.25) is 0 Å². The van der Waals surface area contributed by atoms with Crippen molar-refractivity contribution in [1.82, 2.24) is 45.6 Å². The fraction of sp³-hybridized carbons (Fsp3) is 0.333. The van der Waals surface area contributed by atoms with Crippen molar-refractivity contribution in [3.8, 4) is 11.5 Å². The Bertz CT molecular complexity index is 2410. The van der Waals surface area contributed by atoms with E-state index in [9.17, 15) is 44.4 Å². The topological polar surface area (TPSA) is 309 Å². The zero-order valence-corrected chi connectivity index (χ0v) is 32.3. The van der Waals surface area contributed by atoms with Gasteiger partial charge in [0.1, 0.15) is 34.4 Å². The molecule has 1 aromatic carbocycles. The van der Waals surface area contributed by atoms with Crippen molar-refractivity contribution in [2.45, 2.75) is 61.8 Å². The number of thioether (sulfide) groups is 2.